The number of hydrogen-bond acceptors (Lipinski definition) is 4. The second-order valence-corrected chi connectivity index (χ2v) is 4.42. The Balaban J connectivity index is 2.32. The summed E-state index contributed by atoms with van der Waals surface area (Å²) in [5.74, 6) is 0.0170. The highest BCUT2D eigenvalue weighted by Crippen LogP contribution is 2.28. The molecule has 6 heteroatoms. The van der Waals surface area contributed by atoms with Crippen molar-refractivity contribution in [3.63, 3.8) is 0 Å². The summed E-state index contributed by atoms with van der Waals surface area (Å²) in [7, 11) is 1.56. The van der Waals surface area contributed by atoms with Gasteiger partial charge in [0, 0.05) is 18.7 Å². The molecule has 2 N–H and O–H groups in total. The number of anilines is 1. The van der Waals surface area contributed by atoms with Gasteiger partial charge in [0.15, 0.2) is 0 Å². The van der Waals surface area contributed by atoms with E-state index >= 15 is 0 Å². The SMILES string of the molecule is COCCOc1c(N)cc(C#N)n1Cc1ccccc1F. The number of nitrogen functional groups attached to an aromatic ring is 1. The highest BCUT2D eigenvalue weighted by Gasteiger charge is 2.16. The van der Waals surface area contributed by atoms with Gasteiger partial charge in [-0.1, -0.05) is 18.2 Å². The highest BCUT2D eigenvalue weighted by molar-refractivity contribution is 5.55. The average Bonchev–Trinajstić information content (AvgIpc) is 2.78. The van der Waals surface area contributed by atoms with Gasteiger partial charge >= 0.3 is 0 Å². The molecule has 0 unspecified atom stereocenters. The molecule has 2 rings (SSSR count). The van der Waals surface area contributed by atoms with Crippen molar-refractivity contribution in [2.45, 2.75) is 6.54 Å². The number of nitriles is 1. The lowest BCUT2D eigenvalue weighted by atomic mass is 10.2. The van der Waals surface area contributed by atoms with Crippen molar-refractivity contribution in [3.05, 3.63) is 47.4 Å². The minimum Gasteiger partial charge on any atom is -0.475 e. The summed E-state index contributed by atoms with van der Waals surface area (Å²) in [4.78, 5) is 0. The molecule has 1 aromatic heterocycles. The van der Waals surface area contributed by atoms with Gasteiger partial charge in [0.25, 0.3) is 0 Å². The van der Waals surface area contributed by atoms with Gasteiger partial charge in [-0.15, -0.1) is 0 Å². The molecule has 0 aliphatic carbocycles. The Kier molecular flexibility index (Phi) is 4.80. The molecule has 0 aliphatic heterocycles. The van der Waals surface area contributed by atoms with Gasteiger partial charge in [-0.3, -0.25) is 4.57 Å². The largest absolute Gasteiger partial charge is 0.475 e. The summed E-state index contributed by atoms with van der Waals surface area (Å²) in [5.41, 5.74) is 6.99. The molecule has 21 heavy (non-hydrogen) atoms. The van der Waals surface area contributed by atoms with E-state index in [0.29, 0.717) is 36.0 Å². The van der Waals surface area contributed by atoms with E-state index in [9.17, 15) is 9.65 Å². The number of rotatable bonds is 6. The number of benzene rings is 1. The van der Waals surface area contributed by atoms with Crippen molar-refractivity contribution in [2.75, 3.05) is 26.1 Å². The smallest absolute Gasteiger partial charge is 0.218 e. The van der Waals surface area contributed by atoms with Crippen LogP contribution < -0.4 is 10.5 Å². The molecule has 0 saturated heterocycles. The van der Waals surface area contributed by atoms with E-state index in [1.54, 1.807) is 29.9 Å². The van der Waals surface area contributed by atoms with Crippen molar-refractivity contribution >= 4 is 5.69 Å². The molecule has 0 bridgehead atoms. The van der Waals surface area contributed by atoms with Crippen LogP contribution in [0.4, 0.5) is 10.1 Å². The standard InChI is InChI=1S/C15H16FN3O2/c1-20-6-7-21-15-14(18)8-12(9-17)19(15)10-11-4-2-3-5-13(11)16/h2-5,8H,6-7,10,18H2,1H3. The molecule has 0 atom stereocenters. The maximum Gasteiger partial charge on any atom is 0.218 e. The van der Waals surface area contributed by atoms with Gasteiger partial charge in [-0.25, -0.2) is 4.39 Å². The lowest BCUT2D eigenvalue weighted by molar-refractivity contribution is 0.142. The number of hydrogen-bond donors (Lipinski definition) is 1. The second-order valence-electron chi connectivity index (χ2n) is 4.42. The molecular formula is C15H16FN3O2. The molecular weight excluding hydrogens is 273 g/mol. The fraction of sp³-hybridized carbons (Fsp3) is 0.267. The second kappa shape index (κ2) is 6.77. The van der Waals surface area contributed by atoms with Crippen LogP contribution in [0.1, 0.15) is 11.3 Å². The molecule has 0 spiro atoms. The molecule has 1 heterocycles. The van der Waals surface area contributed by atoms with Crippen LogP contribution in [0.15, 0.2) is 30.3 Å². The fourth-order valence-electron chi connectivity index (χ4n) is 1.98. The Morgan fingerprint density at radius 3 is 2.76 bits per heavy atom. The van der Waals surface area contributed by atoms with Gasteiger partial charge in [0.1, 0.15) is 24.2 Å². The van der Waals surface area contributed by atoms with Gasteiger partial charge in [-0.2, -0.15) is 5.26 Å². The maximum absolute atomic E-state index is 13.8. The number of halogens is 1. The summed E-state index contributed by atoms with van der Waals surface area (Å²) in [6.45, 7) is 0.869. The molecule has 1 aromatic carbocycles. The minimum absolute atomic E-state index is 0.176. The molecule has 0 radical (unpaired) electrons. The molecule has 0 fully saturated rings. The van der Waals surface area contributed by atoms with Crippen molar-refractivity contribution in [1.82, 2.24) is 4.57 Å². The van der Waals surface area contributed by atoms with Crippen LogP contribution in [-0.4, -0.2) is 24.9 Å². The molecule has 2 aromatic rings. The first kappa shape index (κ1) is 14.9. The Hall–Kier alpha value is -2.52. The monoisotopic (exact) mass is 289 g/mol. The third kappa shape index (κ3) is 3.33. The summed E-state index contributed by atoms with van der Waals surface area (Å²) in [5, 5.41) is 9.17. The van der Waals surface area contributed by atoms with Crippen LogP contribution in [0.3, 0.4) is 0 Å². The van der Waals surface area contributed by atoms with E-state index in [2.05, 4.69) is 0 Å². The predicted octanol–water partition coefficient (Wildman–Crippen LogP) is 2.15. The van der Waals surface area contributed by atoms with Crippen LogP contribution in [0.25, 0.3) is 0 Å². The Bertz CT molecular complexity index is 661. The third-order valence-corrected chi connectivity index (χ3v) is 3.00. The summed E-state index contributed by atoms with van der Waals surface area (Å²) in [6, 6.07) is 9.94. The van der Waals surface area contributed by atoms with E-state index in [1.165, 1.54) is 12.1 Å². The first-order chi connectivity index (χ1) is 10.2. The predicted molar refractivity (Wildman–Crippen MR) is 76.4 cm³/mol. The number of nitrogens with zero attached hydrogens (tertiary/aromatic N) is 2. The van der Waals surface area contributed by atoms with E-state index in [-0.39, 0.29) is 12.4 Å². The van der Waals surface area contributed by atoms with Crippen LogP contribution >= 0.6 is 0 Å². The zero-order valence-corrected chi connectivity index (χ0v) is 11.7. The van der Waals surface area contributed by atoms with E-state index in [0.717, 1.165) is 0 Å². The first-order valence-corrected chi connectivity index (χ1v) is 6.41. The van der Waals surface area contributed by atoms with Crippen LogP contribution in [0.2, 0.25) is 0 Å². The van der Waals surface area contributed by atoms with Crippen molar-refractivity contribution in [3.8, 4) is 11.9 Å². The van der Waals surface area contributed by atoms with Gasteiger partial charge < -0.3 is 15.2 Å². The summed E-state index contributed by atoms with van der Waals surface area (Å²) >= 11 is 0. The number of methoxy groups -OCH3 is 1. The Labute approximate surface area is 122 Å². The fourth-order valence-corrected chi connectivity index (χ4v) is 1.98. The summed E-state index contributed by atoms with van der Waals surface area (Å²) in [6.07, 6.45) is 0. The summed E-state index contributed by atoms with van der Waals surface area (Å²) < 4.78 is 25.8. The van der Waals surface area contributed by atoms with Gasteiger partial charge in [0.05, 0.1) is 18.8 Å². The molecule has 0 amide bonds. The van der Waals surface area contributed by atoms with E-state index in [4.69, 9.17) is 15.2 Å². The molecule has 5 nitrogen and oxygen atoms in total. The lowest BCUT2D eigenvalue weighted by Gasteiger charge is -2.13. The van der Waals surface area contributed by atoms with Crippen molar-refractivity contribution in [2.24, 2.45) is 0 Å². The van der Waals surface area contributed by atoms with Gasteiger partial charge in [0.2, 0.25) is 5.88 Å². The lowest BCUT2D eigenvalue weighted by Crippen LogP contribution is -2.11. The van der Waals surface area contributed by atoms with Crippen molar-refractivity contribution < 1.29 is 13.9 Å². The molecule has 0 aliphatic rings. The number of ether oxygens (including phenoxy) is 2. The van der Waals surface area contributed by atoms with Crippen LogP contribution in [0, 0.1) is 17.1 Å². The van der Waals surface area contributed by atoms with Gasteiger partial charge in [-0.05, 0) is 6.07 Å². The number of nitrogens with two attached hydrogens (primary N) is 1. The minimum atomic E-state index is -0.337. The Morgan fingerprint density at radius 2 is 2.10 bits per heavy atom. The quantitative estimate of drug-likeness (QED) is 0.827. The van der Waals surface area contributed by atoms with Crippen LogP contribution in [-0.2, 0) is 11.3 Å². The molecule has 110 valence electrons. The van der Waals surface area contributed by atoms with E-state index < -0.39 is 0 Å². The normalized spacial score (nSPS) is 10.3. The zero-order valence-electron chi connectivity index (χ0n) is 11.7. The van der Waals surface area contributed by atoms with Crippen molar-refractivity contribution in [1.29, 1.82) is 5.26 Å². The Morgan fingerprint density at radius 1 is 1.33 bits per heavy atom. The van der Waals surface area contributed by atoms with Crippen LogP contribution in [0.5, 0.6) is 5.88 Å². The average molecular weight is 289 g/mol. The first-order valence-electron chi connectivity index (χ1n) is 6.41. The topological polar surface area (TPSA) is 73.2 Å². The number of aromatic nitrogens is 1. The maximum atomic E-state index is 13.8. The van der Waals surface area contributed by atoms with E-state index in [1.807, 2.05) is 6.07 Å². The highest BCUT2D eigenvalue weighted by atomic mass is 19.1. The zero-order chi connectivity index (χ0) is 15.2. The molecule has 0 saturated carbocycles. The third-order valence-electron chi connectivity index (χ3n) is 3.00.